The summed E-state index contributed by atoms with van der Waals surface area (Å²) in [4.78, 5) is 53.3. The number of carbonyl (C=O) groups is 4. The summed E-state index contributed by atoms with van der Waals surface area (Å²) in [5, 5.41) is 0. The van der Waals surface area contributed by atoms with E-state index in [2.05, 4.69) is 0 Å². The second kappa shape index (κ2) is 6.47. The average Bonchev–Trinajstić information content (AvgIpc) is 2.96. The number of allylic oxidation sites excluding steroid dienone is 3. The van der Waals surface area contributed by atoms with Gasteiger partial charge in [0.1, 0.15) is 5.60 Å². The number of hydrogen-bond donors (Lipinski definition) is 0. The van der Waals surface area contributed by atoms with Crippen molar-refractivity contribution < 1.29 is 33.4 Å². The van der Waals surface area contributed by atoms with Gasteiger partial charge in [-0.05, 0) is 39.0 Å². The molecule has 3 aliphatic rings. The predicted octanol–water partition coefficient (Wildman–Crippen LogP) is 0.986. The maximum absolute atomic E-state index is 13.4. The van der Waals surface area contributed by atoms with Crippen molar-refractivity contribution in [1.29, 1.82) is 0 Å². The van der Waals surface area contributed by atoms with Crippen LogP contribution in [0.25, 0.3) is 0 Å². The lowest BCUT2D eigenvalue weighted by Gasteiger charge is -2.44. The smallest absolute Gasteiger partial charge is 0.345 e. The number of ketones is 1. The van der Waals surface area contributed by atoms with Crippen LogP contribution in [0.4, 0.5) is 0 Å². The fourth-order valence-electron chi connectivity index (χ4n) is 3.68. The first-order chi connectivity index (χ1) is 13.1. The number of hydrogen-bond acceptors (Lipinski definition) is 8. The minimum Gasteiger partial charge on any atom is -0.466 e. The highest BCUT2D eigenvalue weighted by atomic mass is 16.6. The Labute approximate surface area is 162 Å². The molecule has 0 aliphatic carbocycles. The first kappa shape index (κ1) is 19.6. The van der Waals surface area contributed by atoms with Crippen LogP contribution in [0, 0.1) is 0 Å². The van der Waals surface area contributed by atoms with E-state index in [4.69, 9.17) is 14.2 Å². The van der Waals surface area contributed by atoms with Crippen molar-refractivity contribution >= 4 is 23.7 Å². The molecule has 0 N–H and O–H groups in total. The molecule has 3 rings (SSSR count). The molecule has 2 atom stereocenters. The summed E-state index contributed by atoms with van der Waals surface area (Å²) in [6, 6.07) is -0.858. The number of rotatable bonds is 3. The van der Waals surface area contributed by atoms with Crippen LogP contribution < -0.4 is 0 Å². The molecule has 0 unspecified atom stereocenters. The molecule has 8 heteroatoms. The van der Waals surface area contributed by atoms with Crippen molar-refractivity contribution in [2.45, 2.75) is 38.0 Å². The summed E-state index contributed by atoms with van der Waals surface area (Å²) >= 11 is 0. The molecule has 0 saturated carbocycles. The van der Waals surface area contributed by atoms with Crippen molar-refractivity contribution in [2.75, 3.05) is 14.2 Å². The lowest BCUT2D eigenvalue weighted by Crippen LogP contribution is -2.63. The molecule has 0 fully saturated rings. The number of carbonyl (C=O) groups excluding carboxylic acids is 4. The van der Waals surface area contributed by atoms with Gasteiger partial charge in [-0.25, -0.2) is 14.4 Å². The van der Waals surface area contributed by atoms with E-state index in [9.17, 15) is 19.2 Å². The number of esters is 3. The summed E-state index contributed by atoms with van der Waals surface area (Å²) in [7, 11) is 2.27. The zero-order valence-corrected chi connectivity index (χ0v) is 16.3. The molecule has 0 bridgehead atoms. The van der Waals surface area contributed by atoms with E-state index < -0.39 is 40.9 Å². The highest BCUT2D eigenvalue weighted by Gasteiger charge is 2.67. The van der Waals surface area contributed by atoms with E-state index in [1.165, 1.54) is 17.1 Å². The molecule has 0 spiro atoms. The highest BCUT2D eigenvalue weighted by molar-refractivity contribution is 6.26. The summed E-state index contributed by atoms with van der Waals surface area (Å²) in [5.41, 5.74) is -3.13. The topological polar surface area (TPSA) is 99.2 Å². The Morgan fingerprint density at radius 2 is 1.71 bits per heavy atom. The van der Waals surface area contributed by atoms with Crippen molar-refractivity contribution in [3.05, 3.63) is 47.2 Å². The molecular weight excluding hydrogens is 366 g/mol. The molecule has 0 aromatic carbocycles. The van der Waals surface area contributed by atoms with Gasteiger partial charge in [-0.1, -0.05) is 12.2 Å². The van der Waals surface area contributed by atoms with Gasteiger partial charge in [0.05, 0.1) is 31.4 Å². The van der Waals surface area contributed by atoms with Crippen molar-refractivity contribution in [3.63, 3.8) is 0 Å². The van der Waals surface area contributed by atoms with Crippen LogP contribution in [-0.4, -0.2) is 60.0 Å². The van der Waals surface area contributed by atoms with Crippen LogP contribution in [0.5, 0.6) is 0 Å². The van der Waals surface area contributed by atoms with E-state index in [1.54, 1.807) is 39.0 Å². The zero-order valence-electron chi connectivity index (χ0n) is 16.3. The number of nitrogens with zero attached hydrogens (tertiary/aromatic N) is 1. The van der Waals surface area contributed by atoms with Crippen LogP contribution in [0.2, 0.25) is 0 Å². The molecule has 0 radical (unpaired) electrons. The SMILES string of the molecule is COC(=O)C1=C(C(=O)OC)[C@@]2(C(=O)OC(C)(C)C)C(=O)C=CC3=CC=C[C@@H]1N32. The largest absolute Gasteiger partial charge is 0.466 e. The van der Waals surface area contributed by atoms with Crippen LogP contribution in [0.15, 0.2) is 47.2 Å². The maximum atomic E-state index is 13.4. The van der Waals surface area contributed by atoms with E-state index in [-0.39, 0.29) is 11.1 Å². The monoisotopic (exact) mass is 387 g/mol. The van der Waals surface area contributed by atoms with Crippen molar-refractivity contribution in [2.24, 2.45) is 0 Å². The van der Waals surface area contributed by atoms with Crippen LogP contribution in [0.1, 0.15) is 20.8 Å². The van der Waals surface area contributed by atoms with Crippen molar-refractivity contribution in [1.82, 2.24) is 4.90 Å². The molecule has 8 nitrogen and oxygen atoms in total. The third kappa shape index (κ3) is 2.59. The van der Waals surface area contributed by atoms with Crippen LogP contribution in [0.3, 0.4) is 0 Å². The first-order valence-corrected chi connectivity index (χ1v) is 8.64. The van der Waals surface area contributed by atoms with Crippen LogP contribution >= 0.6 is 0 Å². The Balaban J connectivity index is 2.38. The summed E-state index contributed by atoms with van der Waals surface area (Å²) < 4.78 is 15.2. The zero-order chi connectivity index (χ0) is 20.9. The third-order valence-electron chi connectivity index (χ3n) is 4.66. The fourth-order valence-corrected chi connectivity index (χ4v) is 3.68. The Bertz CT molecular complexity index is 900. The quantitative estimate of drug-likeness (QED) is 0.402. The van der Waals surface area contributed by atoms with Gasteiger partial charge in [-0.3, -0.25) is 4.79 Å². The molecule has 0 amide bonds. The lowest BCUT2D eigenvalue weighted by atomic mass is 9.81. The highest BCUT2D eigenvalue weighted by Crippen LogP contribution is 2.48. The molecule has 0 aromatic rings. The minimum atomic E-state index is -2.17. The van der Waals surface area contributed by atoms with Gasteiger partial charge in [0.25, 0.3) is 0 Å². The van der Waals surface area contributed by atoms with Gasteiger partial charge in [0.2, 0.25) is 5.54 Å². The Morgan fingerprint density at radius 3 is 2.29 bits per heavy atom. The molecule has 28 heavy (non-hydrogen) atoms. The molecular formula is C20H21NO7. The molecule has 3 aliphatic heterocycles. The van der Waals surface area contributed by atoms with E-state index >= 15 is 0 Å². The first-order valence-electron chi connectivity index (χ1n) is 8.64. The minimum absolute atomic E-state index is 0.126. The second-order valence-corrected chi connectivity index (χ2v) is 7.47. The molecule has 0 aromatic heterocycles. The summed E-state index contributed by atoms with van der Waals surface area (Å²) in [6.07, 6.45) is 7.69. The second-order valence-electron chi connectivity index (χ2n) is 7.47. The van der Waals surface area contributed by atoms with E-state index in [1.807, 2.05) is 0 Å². The Hall–Kier alpha value is -3.16. The van der Waals surface area contributed by atoms with Crippen LogP contribution in [-0.2, 0) is 33.4 Å². The van der Waals surface area contributed by atoms with Gasteiger partial charge in [-0.15, -0.1) is 0 Å². The Kier molecular flexibility index (Phi) is 4.53. The standard InChI is InChI=1S/C20H21NO7/c1-19(2,3)28-18(25)20-13(22)10-9-11-7-6-8-12(21(11)20)14(16(23)26-4)15(20)17(24)27-5/h6-10,12H,1-5H3/t12-,20+/m0/s1. The maximum Gasteiger partial charge on any atom is 0.345 e. The van der Waals surface area contributed by atoms with Gasteiger partial charge < -0.3 is 19.1 Å². The number of ether oxygens (including phenoxy) is 3. The molecule has 0 saturated heterocycles. The van der Waals surface area contributed by atoms with Gasteiger partial charge >= 0.3 is 17.9 Å². The van der Waals surface area contributed by atoms with Gasteiger partial charge in [0.15, 0.2) is 5.78 Å². The Morgan fingerprint density at radius 1 is 1.07 bits per heavy atom. The average molecular weight is 387 g/mol. The third-order valence-corrected chi connectivity index (χ3v) is 4.66. The normalized spacial score (nSPS) is 25.3. The van der Waals surface area contributed by atoms with Crippen molar-refractivity contribution in [3.8, 4) is 0 Å². The fraction of sp³-hybridized carbons (Fsp3) is 0.400. The van der Waals surface area contributed by atoms with E-state index in [0.29, 0.717) is 5.70 Å². The molecule has 148 valence electrons. The summed E-state index contributed by atoms with van der Waals surface area (Å²) in [6.45, 7) is 4.94. The predicted molar refractivity (Wildman–Crippen MR) is 96.6 cm³/mol. The van der Waals surface area contributed by atoms with Gasteiger partial charge in [0, 0.05) is 5.70 Å². The van der Waals surface area contributed by atoms with E-state index in [0.717, 1.165) is 14.2 Å². The lowest BCUT2D eigenvalue weighted by molar-refractivity contribution is -0.169. The number of methoxy groups -OCH3 is 2. The molecule has 3 heterocycles. The van der Waals surface area contributed by atoms with Gasteiger partial charge in [-0.2, -0.15) is 0 Å². The summed E-state index contributed by atoms with van der Waals surface area (Å²) in [5.74, 6) is -3.46.